The molecule has 2 aromatic heterocycles. The van der Waals surface area contributed by atoms with Gasteiger partial charge in [-0.15, -0.1) is 0 Å². The molecule has 584 valence electrons. The molecule has 0 aliphatic rings. The quantitative estimate of drug-likeness (QED) is 0.0851. The van der Waals surface area contributed by atoms with Crippen LogP contribution in [0.5, 0.6) is 0 Å². The molecule has 0 bridgehead atoms. The summed E-state index contributed by atoms with van der Waals surface area (Å²) in [6.07, 6.45) is 0. The Labute approximate surface area is 753 Å². The van der Waals surface area contributed by atoms with Crippen LogP contribution in [0, 0.1) is 0 Å². The number of nitrogens with zero attached hydrogens (tertiary/aromatic N) is 4. The lowest BCUT2D eigenvalue weighted by Gasteiger charge is -2.28. The number of anilines is 6. The lowest BCUT2D eigenvalue weighted by molar-refractivity contribution is 1.18. The highest BCUT2D eigenvalue weighted by atomic mass is 15.2. The molecular weight excluding hydrogens is 1500 g/mol. The fourth-order valence-corrected chi connectivity index (χ4v) is 16.5. The Hall–Kier alpha value is -16.4. The highest BCUT2D eigenvalue weighted by Crippen LogP contribution is 2.47. The summed E-state index contributed by atoms with van der Waals surface area (Å²) in [7, 11) is 0. The maximum atomic E-state index is 9.85. The fourth-order valence-electron chi connectivity index (χ4n) is 16.5. The lowest BCUT2D eigenvalue weighted by atomic mass is 9.98. The van der Waals surface area contributed by atoms with Crippen LogP contribution in [0.1, 0.15) is 28.8 Å². The molecule has 2 heterocycles. The Morgan fingerprint density at radius 2 is 0.468 bits per heavy atom. The number of benzene rings is 20. The fraction of sp³-hybridized carbons (Fsp3) is 0. The smallest absolute Gasteiger partial charge is 0.0645 e. The Morgan fingerprint density at radius 3 is 0.927 bits per heavy atom. The van der Waals surface area contributed by atoms with Crippen LogP contribution >= 0.6 is 0 Å². The Morgan fingerprint density at radius 1 is 0.161 bits per heavy atom. The van der Waals surface area contributed by atoms with Crippen LogP contribution in [0.15, 0.2) is 509 Å². The summed E-state index contributed by atoms with van der Waals surface area (Å²) in [5, 5.41) is 3.62. The number of para-hydroxylation sites is 4. The van der Waals surface area contributed by atoms with Gasteiger partial charge in [0, 0.05) is 66.8 Å². The van der Waals surface area contributed by atoms with Gasteiger partial charge in [0.05, 0.1) is 62.2 Å². The van der Waals surface area contributed by atoms with E-state index in [0.29, 0.717) is 22.4 Å². The zero-order chi connectivity index (χ0) is 101. The molecule has 0 N–H and O–H groups in total. The van der Waals surface area contributed by atoms with Crippen molar-refractivity contribution in [3.8, 4) is 123 Å². The summed E-state index contributed by atoms with van der Waals surface area (Å²) in [5.74, 6) is 0. The van der Waals surface area contributed by atoms with Gasteiger partial charge in [0.2, 0.25) is 0 Å². The van der Waals surface area contributed by atoms with Crippen LogP contribution < -0.4 is 9.80 Å². The molecule has 0 unspecified atom stereocenters. The van der Waals surface area contributed by atoms with Gasteiger partial charge < -0.3 is 18.9 Å². The van der Waals surface area contributed by atoms with Gasteiger partial charge in [-0.1, -0.05) is 388 Å². The van der Waals surface area contributed by atoms with Crippen LogP contribution in [0.4, 0.5) is 34.1 Å². The monoisotopic (exact) mass is 1600 g/mol. The standard InChI is InChI=1S/2C60H42N2/c2*1-4-15-43(16-5-1)46-27-29-49(30-28-46)55-23-10-12-25-58(55)61(52-36-31-47(32-37-52)44-17-6-2-7-18-44)53-38-33-48(34-39-53)51-35-40-60-57(42-51)56-24-11-13-26-59(56)62(60)54-22-14-21-50(41-54)45-19-8-3-9-20-45/h2*1-42H/i1D,4D,5D,10D,12D,15D,16D,23D,25D,27D,28D,29D,30D,33D,34D,38D,39D;33D,34D,38D,39D. The van der Waals surface area contributed by atoms with Gasteiger partial charge in [-0.25, -0.2) is 0 Å². The molecule has 20 aromatic carbocycles. The maximum absolute atomic E-state index is 9.85. The summed E-state index contributed by atoms with van der Waals surface area (Å²) < 4.78 is 199. The second-order valence-corrected chi connectivity index (χ2v) is 29.9. The molecule has 0 radical (unpaired) electrons. The summed E-state index contributed by atoms with van der Waals surface area (Å²) in [4.78, 5) is 3.00. The number of rotatable bonds is 18. The number of fused-ring (bicyclic) bond motifs is 6. The summed E-state index contributed by atoms with van der Waals surface area (Å²) in [6.45, 7) is 0. The van der Waals surface area contributed by atoms with E-state index in [9.17, 15) is 19.2 Å². The van der Waals surface area contributed by atoms with Crippen molar-refractivity contribution in [3.63, 3.8) is 0 Å². The van der Waals surface area contributed by atoms with Crippen LogP contribution in [0.25, 0.3) is 166 Å². The molecule has 0 saturated heterocycles. The van der Waals surface area contributed by atoms with Crippen molar-refractivity contribution >= 4 is 77.7 Å². The van der Waals surface area contributed by atoms with Crippen LogP contribution in [-0.4, -0.2) is 9.13 Å². The van der Waals surface area contributed by atoms with Gasteiger partial charge >= 0.3 is 0 Å². The van der Waals surface area contributed by atoms with Crippen molar-refractivity contribution < 1.29 is 28.8 Å². The van der Waals surface area contributed by atoms with Crippen molar-refractivity contribution in [2.75, 3.05) is 9.80 Å². The number of hydrogen-bond donors (Lipinski definition) is 0. The van der Waals surface area contributed by atoms with E-state index in [1.807, 2.05) is 254 Å². The van der Waals surface area contributed by atoms with Crippen LogP contribution in [0.3, 0.4) is 0 Å². The molecule has 4 nitrogen and oxygen atoms in total. The molecule has 0 fully saturated rings. The predicted octanol–water partition coefficient (Wildman–Crippen LogP) is 33.2. The number of aromatic nitrogens is 2. The van der Waals surface area contributed by atoms with Gasteiger partial charge in [-0.3, -0.25) is 0 Å². The second kappa shape index (κ2) is 33.8. The van der Waals surface area contributed by atoms with E-state index < -0.39 is 136 Å². The predicted molar refractivity (Wildman–Crippen MR) is 525 cm³/mol. The Bertz CT molecular complexity index is 8800. The van der Waals surface area contributed by atoms with E-state index >= 15 is 0 Å². The van der Waals surface area contributed by atoms with Gasteiger partial charge in [0.1, 0.15) is 0 Å². The van der Waals surface area contributed by atoms with Crippen molar-refractivity contribution in [1.29, 1.82) is 0 Å². The van der Waals surface area contributed by atoms with Gasteiger partial charge in [0.25, 0.3) is 0 Å². The van der Waals surface area contributed by atoms with Crippen LogP contribution in [-0.2, 0) is 0 Å². The normalized spacial score (nSPS) is 13.6. The molecule has 0 atom stereocenters. The van der Waals surface area contributed by atoms with Crippen molar-refractivity contribution in [2.24, 2.45) is 0 Å². The zero-order valence-corrected chi connectivity index (χ0v) is 66.7. The summed E-state index contributed by atoms with van der Waals surface area (Å²) >= 11 is 0. The molecule has 0 saturated carbocycles. The molecule has 4 heteroatoms. The first-order chi connectivity index (χ1) is 70.3. The van der Waals surface area contributed by atoms with Crippen LogP contribution in [0.2, 0.25) is 0 Å². The largest absolute Gasteiger partial charge is 0.310 e. The minimum Gasteiger partial charge on any atom is -0.310 e. The van der Waals surface area contributed by atoms with Gasteiger partial charge in [0.15, 0.2) is 0 Å². The Kier molecular flexibility index (Phi) is 15.1. The third kappa shape index (κ3) is 15.0. The maximum Gasteiger partial charge on any atom is 0.0645 e. The number of hydrogen-bond acceptors (Lipinski definition) is 2. The first kappa shape index (κ1) is 55.4. The minimum atomic E-state index is -0.899. The van der Waals surface area contributed by atoms with Crippen molar-refractivity contribution in [2.45, 2.75) is 0 Å². The van der Waals surface area contributed by atoms with E-state index in [2.05, 4.69) is 112 Å². The minimum absolute atomic E-state index is 0.0658. The van der Waals surface area contributed by atoms with Crippen molar-refractivity contribution in [1.82, 2.24) is 9.13 Å². The highest BCUT2D eigenvalue weighted by Gasteiger charge is 2.23. The first-order valence-corrected chi connectivity index (χ1v) is 40.8. The molecule has 0 aliphatic heterocycles. The molecular formula is C120H84N4. The Balaban J connectivity index is 0.000000173. The molecule has 0 amide bonds. The average molecular weight is 1600 g/mol. The SMILES string of the molecule is [2H]c1c([2H])c(N(c2ccc(-c3ccccc3)cc2)c2ccccc2-c2ccc(-c3ccccc3)cc2)c([2H])c([2H])c1-c1ccc2c(c1)c1ccccc1n2-c1cccc(-c2ccccc2)c1.[2H]c1c([2H])c([2H])c(-c2c([2H])c([2H])c(-c3c([2H])c([2H])c([2H])c([2H])c3N(c3ccc(-c4ccccc4)cc3)c3c([2H])c([2H])c(-c4ccc5c(c4)c4ccccc4n5-c4cccc(-c5ccccc5)c4)c([2H])c3[2H])c([2H])c2[2H])c([2H])c1[2H]. The zero-order valence-electron chi connectivity index (χ0n) is 87.7. The average Bonchev–Trinajstić information content (AvgIpc) is 1.65. The molecule has 0 spiro atoms. The van der Waals surface area contributed by atoms with E-state index in [0.717, 1.165) is 127 Å². The molecule has 124 heavy (non-hydrogen) atoms. The molecule has 22 aromatic rings. The van der Waals surface area contributed by atoms with E-state index in [1.165, 1.54) is 0 Å². The molecule has 22 rings (SSSR count). The summed E-state index contributed by atoms with van der Waals surface area (Å²) in [6, 6.07) is 112. The van der Waals surface area contributed by atoms with E-state index in [4.69, 9.17) is 9.60 Å². The topological polar surface area (TPSA) is 16.3 Å². The third-order valence-electron chi connectivity index (χ3n) is 22.4. The second-order valence-electron chi connectivity index (χ2n) is 29.9. The summed E-state index contributed by atoms with van der Waals surface area (Å²) in [5.41, 5.74) is 16.9. The van der Waals surface area contributed by atoms with E-state index in [1.54, 1.807) is 30.3 Å². The molecule has 0 aliphatic carbocycles. The van der Waals surface area contributed by atoms with E-state index in [-0.39, 0.29) is 46.7 Å². The highest BCUT2D eigenvalue weighted by molar-refractivity contribution is 6.12. The lowest BCUT2D eigenvalue weighted by Crippen LogP contribution is -2.11. The van der Waals surface area contributed by atoms with Gasteiger partial charge in [-0.2, -0.15) is 0 Å². The van der Waals surface area contributed by atoms with Gasteiger partial charge in [-0.05, 0) is 221 Å². The van der Waals surface area contributed by atoms with Crippen molar-refractivity contribution in [3.05, 3.63) is 509 Å². The third-order valence-corrected chi connectivity index (χ3v) is 22.4. The first-order valence-electron chi connectivity index (χ1n) is 51.3.